The van der Waals surface area contributed by atoms with Crippen LogP contribution >= 0.6 is 15.9 Å². The van der Waals surface area contributed by atoms with Crippen LogP contribution in [-0.2, 0) is 17.8 Å². The van der Waals surface area contributed by atoms with Gasteiger partial charge in [0.25, 0.3) is 0 Å². The van der Waals surface area contributed by atoms with Crippen LogP contribution in [0.2, 0.25) is 0 Å². The minimum absolute atomic E-state index is 0.363. The van der Waals surface area contributed by atoms with Crippen molar-refractivity contribution in [2.45, 2.75) is 20.0 Å². The van der Waals surface area contributed by atoms with Gasteiger partial charge in [-0.25, -0.2) is 9.97 Å². The van der Waals surface area contributed by atoms with E-state index >= 15 is 0 Å². The van der Waals surface area contributed by atoms with Crippen molar-refractivity contribution in [1.82, 2.24) is 9.97 Å². The molecule has 0 spiro atoms. The van der Waals surface area contributed by atoms with Crippen molar-refractivity contribution >= 4 is 21.7 Å². The van der Waals surface area contributed by atoms with Crippen LogP contribution < -0.4 is 5.73 Å². The predicted molar refractivity (Wildman–Crippen MR) is 71.9 cm³/mol. The van der Waals surface area contributed by atoms with Crippen LogP contribution in [0.3, 0.4) is 0 Å². The van der Waals surface area contributed by atoms with E-state index in [9.17, 15) is 0 Å². The molecule has 18 heavy (non-hydrogen) atoms. The van der Waals surface area contributed by atoms with E-state index in [2.05, 4.69) is 25.9 Å². The van der Waals surface area contributed by atoms with Gasteiger partial charge in [-0.15, -0.1) is 0 Å². The lowest BCUT2D eigenvalue weighted by Crippen LogP contribution is -2.03. The van der Waals surface area contributed by atoms with Gasteiger partial charge in [0.1, 0.15) is 11.6 Å². The summed E-state index contributed by atoms with van der Waals surface area (Å²) in [6.45, 7) is 2.39. The standard InChI is InChI=1S/C12H14BrN3O2/c1-3-7-4-5-9(18-7)12-15-8(6-17-2)10(13)11(14)16-12/h4-5H,3,6H2,1-2H3,(H2,14,15,16). The Balaban J connectivity index is 2.44. The van der Waals surface area contributed by atoms with E-state index in [1.807, 2.05) is 19.1 Å². The first kappa shape index (κ1) is 13.0. The fourth-order valence-electron chi connectivity index (χ4n) is 1.54. The molecule has 0 unspecified atom stereocenters. The highest BCUT2D eigenvalue weighted by Crippen LogP contribution is 2.26. The van der Waals surface area contributed by atoms with Crippen LogP contribution in [0.25, 0.3) is 11.6 Å². The highest BCUT2D eigenvalue weighted by molar-refractivity contribution is 9.10. The van der Waals surface area contributed by atoms with E-state index < -0.39 is 0 Å². The Hall–Kier alpha value is -1.40. The minimum atomic E-state index is 0.363. The van der Waals surface area contributed by atoms with E-state index in [0.717, 1.165) is 12.2 Å². The molecule has 0 atom stereocenters. The largest absolute Gasteiger partial charge is 0.458 e. The molecule has 0 saturated carbocycles. The number of rotatable bonds is 4. The van der Waals surface area contributed by atoms with Gasteiger partial charge in [0.05, 0.1) is 16.8 Å². The number of halogens is 1. The smallest absolute Gasteiger partial charge is 0.198 e. The van der Waals surface area contributed by atoms with Gasteiger partial charge in [-0.1, -0.05) is 6.92 Å². The number of hydrogen-bond donors (Lipinski definition) is 1. The monoisotopic (exact) mass is 311 g/mol. The minimum Gasteiger partial charge on any atom is -0.458 e. The number of hydrogen-bond acceptors (Lipinski definition) is 5. The molecule has 0 radical (unpaired) electrons. The topological polar surface area (TPSA) is 74.2 Å². The number of nitrogens with zero attached hydrogens (tertiary/aromatic N) is 2. The summed E-state index contributed by atoms with van der Waals surface area (Å²) in [5.74, 6) is 2.36. The van der Waals surface area contributed by atoms with E-state index in [0.29, 0.717) is 34.2 Å². The zero-order valence-corrected chi connectivity index (χ0v) is 11.8. The second-order valence-corrected chi connectivity index (χ2v) is 4.54. The number of nitrogens with two attached hydrogens (primary N) is 1. The fraction of sp³-hybridized carbons (Fsp3) is 0.333. The maximum atomic E-state index is 5.83. The summed E-state index contributed by atoms with van der Waals surface area (Å²) in [5.41, 5.74) is 6.54. The molecule has 5 nitrogen and oxygen atoms in total. The van der Waals surface area contributed by atoms with Gasteiger partial charge in [0.15, 0.2) is 11.6 Å². The van der Waals surface area contributed by atoms with Crippen LogP contribution in [0.15, 0.2) is 21.0 Å². The third-order valence-corrected chi connectivity index (χ3v) is 3.32. The first-order valence-corrected chi connectivity index (χ1v) is 6.35. The molecule has 2 heterocycles. The normalized spacial score (nSPS) is 10.8. The summed E-state index contributed by atoms with van der Waals surface area (Å²) < 4.78 is 11.3. The van der Waals surface area contributed by atoms with Gasteiger partial charge in [-0.2, -0.15) is 0 Å². The summed E-state index contributed by atoms with van der Waals surface area (Å²) in [5, 5.41) is 0. The predicted octanol–water partition coefficient (Wildman–Crippen LogP) is 2.79. The second-order valence-electron chi connectivity index (χ2n) is 3.75. The molecule has 0 fully saturated rings. The molecule has 2 aromatic heterocycles. The van der Waals surface area contributed by atoms with Crippen molar-refractivity contribution in [2.75, 3.05) is 12.8 Å². The average Bonchev–Trinajstić information content (AvgIpc) is 2.83. The average molecular weight is 312 g/mol. The molecular weight excluding hydrogens is 298 g/mol. The Morgan fingerprint density at radius 3 is 2.78 bits per heavy atom. The first-order valence-electron chi connectivity index (χ1n) is 5.55. The SMILES string of the molecule is CCc1ccc(-c2nc(N)c(Br)c(COC)n2)o1. The number of ether oxygens (including phenoxy) is 1. The number of aryl methyl sites for hydroxylation is 1. The van der Waals surface area contributed by atoms with Gasteiger partial charge >= 0.3 is 0 Å². The molecule has 0 bridgehead atoms. The van der Waals surface area contributed by atoms with Gasteiger partial charge in [-0.05, 0) is 28.1 Å². The number of anilines is 1. The van der Waals surface area contributed by atoms with Crippen LogP contribution in [0.5, 0.6) is 0 Å². The highest BCUT2D eigenvalue weighted by Gasteiger charge is 2.13. The van der Waals surface area contributed by atoms with E-state index in [-0.39, 0.29) is 0 Å². The van der Waals surface area contributed by atoms with Gasteiger partial charge in [0, 0.05) is 13.5 Å². The lowest BCUT2D eigenvalue weighted by molar-refractivity contribution is 0.181. The summed E-state index contributed by atoms with van der Waals surface area (Å²) in [6.07, 6.45) is 0.830. The van der Waals surface area contributed by atoms with Crippen LogP contribution in [0, 0.1) is 0 Å². The van der Waals surface area contributed by atoms with Gasteiger partial charge in [-0.3, -0.25) is 0 Å². The summed E-state index contributed by atoms with van der Waals surface area (Å²) in [7, 11) is 1.60. The molecule has 2 N–H and O–H groups in total. The molecule has 0 aliphatic heterocycles. The van der Waals surface area contributed by atoms with Crippen molar-refractivity contribution in [2.24, 2.45) is 0 Å². The Labute approximate surface area is 114 Å². The zero-order valence-electron chi connectivity index (χ0n) is 10.2. The van der Waals surface area contributed by atoms with Crippen molar-refractivity contribution in [3.63, 3.8) is 0 Å². The fourth-order valence-corrected chi connectivity index (χ4v) is 1.84. The number of furan rings is 1. The number of nitrogen functional groups attached to an aromatic ring is 1. The maximum Gasteiger partial charge on any atom is 0.198 e. The molecule has 6 heteroatoms. The lowest BCUT2D eigenvalue weighted by Gasteiger charge is -2.06. The molecule has 0 saturated heterocycles. The summed E-state index contributed by atoms with van der Waals surface area (Å²) >= 11 is 3.35. The third kappa shape index (κ3) is 2.54. The Kier molecular flexibility index (Phi) is 3.98. The number of aromatic nitrogens is 2. The first-order chi connectivity index (χ1) is 8.65. The van der Waals surface area contributed by atoms with E-state index in [1.165, 1.54) is 0 Å². The summed E-state index contributed by atoms with van der Waals surface area (Å²) in [4.78, 5) is 8.59. The Morgan fingerprint density at radius 2 is 2.17 bits per heavy atom. The molecule has 0 aromatic carbocycles. The molecule has 0 aliphatic rings. The van der Waals surface area contributed by atoms with E-state index in [4.69, 9.17) is 14.9 Å². The van der Waals surface area contributed by atoms with Crippen LogP contribution in [0.4, 0.5) is 5.82 Å². The summed E-state index contributed by atoms with van der Waals surface area (Å²) in [6, 6.07) is 3.75. The van der Waals surface area contributed by atoms with Crippen molar-refractivity contribution in [1.29, 1.82) is 0 Å². The molecule has 0 aliphatic carbocycles. The highest BCUT2D eigenvalue weighted by atomic mass is 79.9. The molecule has 2 aromatic rings. The van der Waals surface area contributed by atoms with Crippen molar-refractivity contribution in [3.8, 4) is 11.6 Å². The van der Waals surface area contributed by atoms with Crippen molar-refractivity contribution in [3.05, 3.63) is 28.1 Å². The van der Waals surface area contributed by atoms with Gasteiger partial charge < -0.3 is 14.9 Å². The quantitative estimate of drug-likeness (QED) is 0.939. The molecule has 2 rings (SSSR count). The molecule has 96 valence electrons. The van der Waals surface area contributed by atoms with Crippen LogP contribution in [0.1, 0.15) is 18.4 Å². The van der Waals surface area contributed by atoms with Crippen LogP contribution in [-0.4, -0.2) is 17.1 Å². The number of methoxy groups -OCH3 is 1. The van der Waals surface area contributed by atoms with Gasteiger partial charge in [0.2, 0.25) is 0 Å². The molecular formula is C12H14BrN3O2. The Morgan fingerprint density at radius 1 is 1.39 bits per heavy atom. The Bertz CT molecular complexity index is 554. The third-order valence-electron chi connectivity index (χ3n) is 2.46. The van der Waals surface area contributed by atoms with Crippen molar-refractivity contribution < 1.29 is 9.15 Å². The maximum absolute atomic E-state index is 5.83. The van der Waals surface area contributed by atoms with E-state index in [1.54, 1.807) is 7.11 Å². The lowest BCUT2D eigenvalue weighted by atomic mass is 10.3. The molecule has 0 amide bonds. The zero-order chi connectivity index (χ0) is 13.1. The second kappa shape index (κ2) is 5.49.